The highest BCUT2D eigenvalue weighted by molar-refractivity contribution is 7.25. The largest absolute Gasteiger partial charge is 0.309 e. The van der Waals surface area contributed by atoms with Gasteiger partial charge in [-0.3, -0.25) is 0 Å². The van der Waals surface area contributed by atoms with Gasteiger partial charge in [0.25, 0.3) is 0 Å². The molecule has 0 spiro atoms. The highest BCUT2D eigenvalue weighted by Crippen LogP contribution is 2.49. The Morgan fingerprint density at radius 2 is 1.09 bits per heavy atom. The monoisotopic (exact) mass is 592 g/mol. The van der Waals surface area contributed by atoms with Crippen LogP contribution >= 0.6 is 11.3 Å². The zero-order chi connectivity index (χ0) is 29.7. The molecule has 0 aliphatic heterocycles. The number of aromatic nitrogens is 1. The first-order valence-electron chi connectivity index (χ1n) is 15.3. The van der Waals surface area contributed by atoms with Gasteiger partial charge in [0.15, 0.2) is 0 Å². The second kappa shape index (κ2) is 10.5. The molecule has 0 radical (unpaired) electrons. The molecule has 0 unspecified atom stereocenters. The lowest BCUT2D eigenvalue weighted by Crippen LogP contribution is -2.11. The molecule has 0 amide bonds. The molecule has 9 aromatic rings. The average Bonchev–Trinajstić information content (AvgIpc) is 3.65. The Labute approximate surface area is 265 Å². The van der Waals surface area contributed by atoms with Gasteiger partial charge in [0.1, 0.15) is 0 Å². The lowest BCUT2D eigenvalue weighted by Gasteiger charge is -2.29. The van der Waals surface area contributed by atoms with E-state index in [9.17, 15) is 0 Å². The number of thiophene rings is 1. The van der Waals surface area contributed by atoms with Crippen molar-refractivity contribution in [1.82, 2.24) is 4.57 Å². The normalized spacial score (nSPS) is 11.6. The maximum absolute atomic E-state index is 2.47. The molecular formula is C42H28N2S. The van der Waals surface area contributed by atoms with E-state index in [0.717, 1.165) is 17.1 Å². The fraction of sp³-hybridized carbons (Fsp3) is 0. The van der Waals surface area contributed by atoms with Gasteiger partial charge in [0, 0.05) is 53.6 Å². The maximum atomic E-state index is 2.47. The Bertz CT molecular complexity index is 2470. The summed E-state index contributed by atoms with van der Waals surface area (Å²) in [5, 5.41) is 5.08. The van der Waals surface area contributed by atoms with Gasteiger partial charge in [0.05, 0.1) is 16.7 Å². The molecule has 0 fully saturated rings. The third kappa shape index (κ3) is 4.16. The number of hydrogen-bond donors (Lipinski definition) is 0. The summed E-state index contributed by atoms with van der Waals surface area (Å²) in [6, 6.07) is 61.4. The molecule has 0 saturated heterocycles. The summed E-state index contributed by atoms with van der Waals surface area (Å²) >= 11 is 1.86. The molecule has 212 valence electrons. The quantitative estimate of drug-likeness (QED) is 0.193. The van der Waals surface area contributed by atoms with E-state index in [-0.39, 0.29) is 0 Å². The van der Waals surface area contributed by atoms with Crippen molar-refractivity contribution in [3.05, 3.63) is 170 Å². The number of benzene rings is 7. The molecule has 0 bridgehead atoms. The number of anilines is 3. The van der Waals surface area contributed by atoms with Crippen LogP contribution in [-0.4, -0.2) is 4.57 Å². The number of nitrogens with zero attached hydrogens (tertiary/aromatic N) is 2. The fourth-order valence-electron chi connectivity index (χ4n) is 6.82. The molecule has 2 nitrogen and oxygen atoms in total. The molecule has 2 heterocycles. The third-order valence-corrected chi connectivity index (χ3v) is 9.90. The van der Waals surface area contributed by atoms with Gasteiger partial charge in [0.2, 0.25) is 0 Å². The molecule has 45 heavy (non-hydrogen) atoms. The van der Waals surface area contributed by atoms with Crippen molar-refractivity contribution in [2.45, 2.75) is 0 Å². The minimum absolute atomic E-state index is 1.12. The summed E-state index contributed by atoms with van der Waals surface area (Å²) in [6.45, 7) is 0. The first-order valence-corrected chi connectivity index (χ1v) is 16.1. The molecular weight excluding hydrogens is 565 g/mol. The van der Waals surface area contributed by atoms with Crippen molar-refractivity contribution in [2.75, 3.05) is 4.90 Å². The Morgan fingerprint density at radius 3 is 1.89 bits per heavy atom. The summed E-state index contributed by atoms with van der Waals surface area (Å²) in [6.07, 6.45) is 0. The van der Waals surface area contributed by atoms with E-state index in [2.05, 4.69) is 179 Å². The zero-order valence-electron chi connectivity index (χ0n) is 24.5. The summed E-state index contributed by atoms with van der Waals surface area (Å²) in [7, 11) is 0. The average molecular weight is 593 g/mol. The summed E-state index contributed by atoms with van der Waals surface area (Å²) in [4.78, 5) is 2.47. The van der Waals surface area contributed by atoms with Crippen LogP contribution in [0.3, 0.4) is 0 Å². The number of fused-ring (bicyclic) bond motifs is 6. The van der Waals surface area contributed by atoms with Gasteiger partial charge in [-0.05, 0) is 60.2 Å². The van der Waals surface area contributed by atoms with Crippen molar-refractivity contribution in [3.8, 4) is 16.8 Å². The molecule has 3 heteroatoms. The van der Waals surface area contributed by atoms with Gasteiger partial charge >= 0.3 is 0 Å². The van der Waals surface area contributed by atoms with Crippen molar-refractivity contribution >= 4 is 70.4 Å². The summed E-state index contributed by atoms with van der Waals surface area (Å²) in [5.74, 6) is 0. The Kier molecular flexibility index (Phi) is 6.03. The highest BCUT2D eigenvalue weighted by Gasteiger charge is 2.25. The first-order chi connectivity index (χ1) is 22.3. The van der Waals surface area contributed by atoms with Crippen molar-refractivity contribution in [2.24, 2.45) is 0 Å². The SMILES string of the molecule is c1ccc(-c2ccc3c(c2N(c2ccccc2)c2ccc4c(c2)sc2ccccc24)c2ccccc2n3-c2ccccc2)cc1. The maximum Gasteiger partial charge on any atom is 0.0640 e. The molecule has 7 aromatic carbocycles. The van der Waals surface area contributed by atoms with E-state index in [1.54, 1.807) is 0 Å². The van der Waals surface area contributed by atoms with Crippen LogP contribution in [0, 0.1) is 0 Å². The topological polar surface area (TPSA) is 8.17 Å². The molecule has 0 aliphatic carbocycles. The van der Waals surface area contributed by atoms with Gasteiger partial charge in [-0.15, -0.1) is 11.3 Å². The summed E-state index contributed by atoms with van der Waals surface area (Å²) in [5.41, 5.74) is 9.35. The van der Waals surface area contributed by atoms with E-state index >= 15 is 0 Å². The van der Waals surface area contributed by atoms with Crippen molar-refractivity contribution in [3.63, 3.8) is 0 Å². The Balaban J connectivity index is 1.43. The lowest BCUT2D eigenvalue weighted by molar-refractivity contribution is 1.18. The minimum atomic E-state index is 1.12. The van der Waals surface area contributed by atoms with E-state index in [1.807, 2.05) is 11.3 Å². The molecule has 0 N–H and O–H groups in total. The van der Waals surface area contributed by atoms with Gasteiger partial charge in [-0.25, -0.2) is 0 Å². The smallest absolute Gasteiger partial charge is 0.0640 e. The first kappa shape index (κ1) is 25.8. The van der Waals surface area contributed by atoms with Crippen LogP contribution in [0.2, 0.25) is 0 Å². The van der Waals surface area contributed by atoms with E-state index in [0.29, 0.717) is 0 Å². The van der Waals surface area contributed by atoms with Crippen LogP contribution in [0.1, 0.15) is 0 Å². The predicted molar refractivity (Wildman–Crippen MR) is 194 cm³/mol. The van der Waals surface area contributed by atoms with Crippen LogP contribution < -0.4 is 4.90 Å². The fourth-order valence-corrected chi connectivity index (χ4v) is 7.96. The standard InChI is InChI=1S/C42H28N2S/c1-4-14-29(15-5-1)33-26-27-38-41(36-21-10-12-22-37(36)44(38)31-18-8-3-9-19-31)42(33)43(30-16-6-2-7-17-30)32-24-25-35-34-20-11-13-23-39(34)45-40(35)28-32/h1-28H. The second-order valence-corrected chi connectivity index (χ2v) is 12.4. The number of para-hydroxylation sites is 3. The van der Waals surface area contributed by atoms with Gasteiger partial charge in [-0.2, -0.15) is 0 Å². The molecule has 9 rings (SSSR count). The Morgan fingerprint density at radius 1 is 0.444 bits per heavy atom. The predicted octanol–water partition coefficient (Wildman–Crippen LogP) is 12.3. The number of hydrogen-bond acceptors (Lipinski definition) is 2. The second-order valence-electron chi connectivity index (χ2n) is 11.4. The van der Waals surface area contributed by atoms with E-state index in [4.69, 9.17) is 0 Å². The van der Waals surface area contributed by atoms with E-state index in [1.165, 1.54) is 58.8 Å². The molecule has 0 atom stereocenters. The van der Waals surface area contributed by atoms with Crippen LogP contribution in [0.5, 0.6) is 0 Å². The van der Waals surface area contributed by atoms with Gasteiger partial charge < -0.3 is 9.47 Å². The molecule has 0 saturated carbocycles. The zero-order valence-corrected chi connectivity index (χ0v) is 25.3. The third-order valence-electron chi connectivity index (χ3n) is 8.77. The van der Waals surface area contributed by atoms with Crippen molar-refractivity contribution in [1.29, 1.82) is 0 Å². The van der Waals surface area contributed by atoms with Crippen LogP contribution in [0.15, 0.2) is 170 Å². The van der Waals surface area contributed by atoms with Crippen LogP contribution in [0.25, 0.3) is 58.8 Å². The molecule has 0 aliphatic rings. The number of rotatable bonds is 5. The van der Waals surface area contributed by atoms with Crippen LogP contribution in [0.4, 0.5) is 17.1 Å². The van der Waals surface area contributed by atoms with Gasteiger partial charge in [-0.1, -0.05) is 115 Å². The lowest BCUT2D eigenvalue weighted by atomic mass is 9.97. The highest BCUT2D eigenvalue weighted by atomic mass is 32.1. The van der Waals surface area contributed by atoms with Crippen LogP contribution in [-0.2, 0) is 0 Å². The Hall–Kier alpha value is -5.64. The summed E-state index contributed by atoms with van der Waals surface area (Å²) < 4.78 is 5.00. The molecule has 2 aromatic heterocycles. The van der Waals surface area contributed by atoms with Crippen molar-refractivity contribution < 1.29 is 0 Å². The van der Waals surface area contributed by atoms with E-state index < -0.39 is 0 Å². The minimum Gasteiger partial charge on any atom is -0.309 e.